The number of hydrogen-bond donors (Lipinski definition) is 1. The molecule has 5 heteroatoms. The maximum Gasteiger partial charge on any atom is 0.232 e. The van der Waals surface area contributed by atoms with Gasteiger partial charge in [-0.2, -0.15) is 0 Å². The second-order valence-corrected chi connectivity index (χ2v) is 6.99. The number of nitrogens with zero attached hydrogens (tertiary/aromatic N) is 1. The molecule has 108 valence electrons. The molecule has 2 aliphatic rings. The predicted molar refractivity (Wildman–Crippen MR) is 83.3 cm³/mol. The van der Waals surface area contributed by atoms with Crippen LogP contribution in [0.15, 0.2) is 29.2 Å². The van der Waals surface area contributed by atoms with E-state index >= 15 is 0 Å². The van der Waals surface area contributed by atoms with Crippen LogP contribution in [0.4, 0.5) is 0 Å². The third-order valence-electron chi connectivity index (χ3n) is 4.05. The van der Waals surface area contributed by atoms with Gasteiger partial charge in [0.25, 0.3) is 0 Å². The van der Waals surface area contributed by atoms with Crippen LogP contribution in [0.5, 0.6) is 0 Å². The zero-order valence-electron chi connectivity index (χ0n) is 11.3. The molecule has 3 rings (SSSR count). The number of benzene rings is 1. The minimum Gasteiger partial charge on any atom is -0.340 e. The Bertz CT molecular complexity index is 479. The fourth-order valence-electron chi connectivity index (χ4n) is 2.94. The molecule has 1 N–H and O–H groups in total. The summed E-state index contributed by atoms with van der Waals surface area (Å²) in [6.07, 6.45) is 3.57. The van der Waals surface area contributed by atoms with E-state index in [2.05, 4.69) is 5.32 Å². The average Bonchev–Trinajstić information content (AvgIpc) is 2.77. The summed E-state index contributed by atoms with van der Waals surface area (Å²) in [7, 11) is 0. The van der Waals surface area contributed by atoms with Gasteiger partial charge in [-0.25, -0.2) is 0 Å². The highest BCUT2D eigenvalue weighted by molar-refractivity contribution is 8.00. The summed E-state index contributed by atoms with van der Waals surface area (Å²) in [6, 6.07) is 8.79. The quantitative estimate of drug-likeness (QED) is 0.871. The zero-order valence-corrected chi connectivity index (χ0v) is 12.9. The number of hydrogen-bond acceptors (Lipinski definition) is 3. The van der Waals surface area contributed by atoms with Gasteiger partial charge in [0.05, 0.1) is 5.75 Å². The maximum absolute atomic E-state index is 12.3. The molecule has 1 aromatic rings. The van der Waals surface area contributed by atoms with E-state index in [1.54, 1.807) is 11.8 Å². The lowest BCUT2D eigenvalue weighted by Gasteiger charge is -2.24. The van der Waals surface area contributed by atoms with Gasteiger partial charge < -0.3 is 10.2 Å². The van der Waals surface area contributed by atoms with Gasteiger partial charge in [0, 0.05) is 35.1 Å². The van der Waals surface area contributed by atoms with Gasteiger partial charge in [0.2, 0.25) is 5.91 Å². The van der Waals surface area contributed by atoms with Gasteiger partial charge in [0.15, 0.2) is 0 Å². The van der Waals surface area contributed by atoms with E-state index in [0.717, 1.165) is 29.4 Å². The van der Waals surface area contributed by atoms with Crippen LogP contribution in [0.25, 0.3) is 0 Å². The molecule has 2 aliphatic heterocycles. The molecule has 2 saturated heterocycles. The molecule has 1 aromatic carbocycles. The summed E-state index contributed by atoms with van der Waals surface area (Å²) in [5, 5.41) is 4.33. The Morgan fingerprint density at radius 2 is 2.00 bits per heavy atom. The van der Waals surface area contributed by atoms with E-state index in [9.17, 15) is 4.79 Å². The minimum atomic E-state index is 0.249. The van der Waals surface area contributed by atoms with Gasteiger partial charge in [-0.05, 0) is 43.5 Å². The molecule has 2 atom stereocenters. The van der Waals surface area contributed by atoms with Crippen molar-refractivity contribution in [1.82, 2.24) is 10.2 Å². The SMILES string of the molecule is O=C(CSc1ccc(Cl)cc1)N1CCC2CCC(C1)N2. The number of thioether (sulfide) groups is 1. The second kappa shape index (κ2) is 6.37. The monoisotopic (exact) mass is 310 g/mol. The van der Waals surface area contributed by atoms with Crippen molar-refractivity contribution in [2.24, 2.45) is 0 Å². The van der Waals surface area contributed by atoms with Crippen LogP contribution >= 0.6 is 23.4 Å². The number of fused-ring (bicyclic) bond motifs is 2. The van der Waals surface area contributed by atoms with Gasteiger partial charge in [-0.15, -0.1) is 11.8 Å². The highest BCUT2D eigenvalue weighted by Gasteiger charge is 2.30. The third-order valence-corrected chi connectivity index (χ3v) is 5.30. The number of likely N-dealkylation sites (tertiary alicyclic amines) is 1. The lowest BCUT2D eigenvalue weighted by Crippen LogP contribution is -2.39. The van der Waals surface area contributed by atoms with Crippen molar-refractivity contribution >= 4 is 29.3 Å². The van der Waals surface area contributed by atoms with Gasteiger partial charge >= 0.3 is 0 Å². The van der Waals surface area contributed by atoms with Crippen molar-refractivity contribution in [2.75, 3.05) is 18.8 Å². The van der Waals surface area contributed by atoms with Crippen molar-refractivity contribution in [1.29, 1.82) is 0 Å². The Balaban J connectivity index is 1.52. The smallest absolute Gasteiger partial charge is 0.232 e. The maximum atomic E-state index is 12.3. The zero-order chi connectivity index (χ0) is 13.9. The van der Waals surface area contributed by atoms with Crippen LogP contribution in [0.2, 0.25) is 5.02 Å². The number of carbonyl (C=O) groups excluding carboxylic acids is 1. The Morgan fingerprint density at radius 1 is 1.25 bits per heavy atom. The van der Waals surface area contributed by atoms with E-state index < -0.39 is 0 Å². The summed E-state index contributed by atoms with van der Waals surface area (Å²) in [6.45, 7) is 1.77. The number of rotatable bonds is 3. The largest absolute Gasteiger partial charge is 0.340 e. The number of amides is 1. The molecule has 0 spiro atoms. The number of halogens is 1. The highest BCUT2D eigenvalue weighted by Crippen LogP contribution is 2.23. The topological polar surface area (TPSA) is 32.3 Å². The van der Waals surface area contributed by atoms with E-state index in [-0.39, 0.29) is 5.91 Å². The molecule has 0 aliphatic carbocycles. The van der Waals surface area contributed by atoms with Gasteiger partial charge in [0.1, 0.15) is 0 Å². The standard InChI is InChI=1S/C15H19ClN2OS/c16-11-1-5-14(6-2-11)20-10-15(19)18-8-7-12-3-4-13(9-18)17-12/h1-2,5-6,12-13,17H,3-4,7-10H2. The molecule has 2 fully saturated rings. The van der Waals surface area contributed by atoms with E-state index in [1.807, 2.05) is 29.2 Å². The first-order valence-electron chi connectivity index (χ1n) is 7.13. The summed E-state index contributed by atoms with van der Waals surface area (Å²) >= 11 is 7.45. The van der Waals surface area contributed by atoms with E-state index in [4.69, 9.17) is 11.6 Å². The molecule has 3 nitrogen and oxygen atoms in total. The fraction of sp³-hybridized carbons (Fsp3) is 0.533. The van der Waals surface area contributed by atoms with E-state index in [1.165, 1.54) is 12.8 Å². The van der Waals surface area contributed by atoms with E-state index in [0.29, 0.717) is 17.8 Å². The lowest BCUT2D eigenvalue weighted by atomic mass is 10.1. The van der Waals surface area contributed by atoms with Crippen LogP contribution in [0.3, 0.4) is 0 Å². The number of nitrogens with one attached hydrogen (secondary N) is 1. The summed E-state index contributed by atoms with van der Waals surface area (Å²) < 4.78 is 0. The molecule has 0 saturated carbocycles. The molecule has 0 radical (unpaired) electrons. The first-order chi connectivity index (χ1) is 9.70. The van der Waals surface area contributed by atoms with Crippen LogP contribution in [-0.4, -0.2) is 41.7 Å². The molecule has 1 amide bonds. The van der Waals surface area contributed by atoms with Crippen molar-refractivity contribution in [3.63, 3.8) is 0 Å². The van der Waals surface area contributed by atoms with Crippen molar-refractivity contribution in [2.45, 2.75) is 36.2 Å². The first kappa shape index (κ1) is 14.2. The molecule has 2 bridgehead atoms. The molecular weight excluding hydrogens is 292 g/mol. The average molecular weight is 311 g/mol. The summed E-state index contributed by atoms with van der Waals surface area (Å²) in [5.41, 5.74) is 0. The second-order valence-electron chi connectivity index (χ2n) is 5.51. The van der Waals surface area contributed by atoms with Crippen LogP contribution in [-0.2, 0) is 4.79 Å². The Kier molecular flexibility index (Phi) is 4.54. The van der Waals surface area contributed by atoms with Crippen LogP contribution in [0.1, 0.15) is 19.3 Å². The third kappa shape index (κ3) is 3.48. The Morgan fingerprint density at radius 3 is 2.80 bits per heavy atom. The molecular formula is C15H19ClN2OS. The summed E-state index contributed by atoms with van der Waals surface area (Å²) in [4.78, 5) is 15.4. The highest BCUT2D eigenvalue weighted by atomic mass is 35.5. The lowest BCUT2D eigenvalue weighted by molar-refractivity contribution is -0.128. The summed E-state index contributed by atoms with van der Waals surface area (Å²) in [5.74, 6) is 0.762. The van der Waals surface area contributed by atoms with Crippen molar-refractivity contribution < 1.29 is 4.79 Å². The van der Waals surface area contributed by atoms with Gasteiger partial charge in [-0.1, -0.05) is 11.6 Å². The van der Waals surface area contributed by atoms with Crippen molar-refractivity contribution in [3.8, 4) is 0 Å². The van der Waals surface area contributed by atoms with Crippen LogP contribution in [0, 0.1) is 0 Å². The number of carbonyl (C=O) groups is 1. The first-order valence-corrected chi connectivity index (χ1v) is 8.49. The molecule has 20 heavy (non-hydrogen) atoms. The normalized spacial score (nSPS) is 25.6. The predicted octanol–water partition coefficient (Wildman–Crippen LogP) is 2.79. The Hall–Kier alpha value is -0.710. The molecule has 0 aromatic heterocycles. The van der Waals surface area contributed by atoms with Crippen LogP contribution < -0.4 is 5.32 Å². The minimum absolute atomic E-state index is 0.249. The van der Waals surface area contributed by atoms with Gasteiger partial charge in [-0.3, -0.25) is 4.79 Å². The Labute approximate surface area is 129 Å². The van der Waals surface area contributed by atoms with Crippen molar-refractivity contribution in [3.05, 3.63) is 29.3 Å². The fourth-order valence-corrected chi connectivity index (χ4v) is 3.86. The molecule has 2 heterocycles. The molecule has 2 unspecified atom stereocenters.